The van der Waals surface area contributed by atoms with Crippen molar-refractivity contribution in [2.75, 3.05) is 18.5 Å². The summed E-state index contributed by atoms with van der Waals surface area (Å²) in [7, 11) is 0. The summed E-state index contributed by atoms with van der Waals surface area (Å²) >= 11 is 0. The van der Waals surface area contributed by atoms with E-state index < -0.39 is 5.97 Å². The normalized spacial score (nSPS) is 9.88. The van der Waals surface area contributed by atoms with Gasteiger partial charge in [-0.15, -0.1) is 6.58 Å². The zero-order valence-electron chi connectivity index (χ0n) is 13.4. The molecule has 1 aromatic carbocycles. The summed E-state index contributed by atoms with van der Waals surface area (Å²) in [6, 6.07) is 10.2. The second kappa shape index (κ2) is 8.47. The van der Waals surface area contributed by atoms with E-state index in [9.17, 15) is 9.59 Å². The van der Waals surface area contributed by atoms with Gasteiger partial charge in [0.15, 0.2) is 0 Å². The number of aromatic nitrogens is 1. The van der Waals surface area contributed by atoms with Crippen molar-refractivity contribution in [1.29, 1.82) is 0 Å². The topological polar surface area (TPSA) is 80.3 Å². The van der Waals surface area contributed by atoms with Crippen LogP contribution in [0.1, 0.15) is 27.6 Å². The first-order valence-electron chi connectivity index (χ1n) is 7.54. The number of hydrogen-bond donors (Lipinski definition) is 2. The van der Waals surface area contributed by atoms with Gasteiger partial charge in [0.25, 0.3) is 5.91 Å². The van der Waals surface area contributed by atoms with Crippen LogP contribution < -0.4 is 10.6 Å². The summed E-state index contributed by atoms with van der Waals surface area (Å²) in [5.74, 6) is -0.183. The molecular formula is C18H19N3O3. The Morgan fingerprint density at radius 2 is 2.08 bits per heavy atom. The molecular weight excluding hydrogens is 306 g/mol. The summed E-state index contributed by atoms with van der Waals surface area (Å²) in [4.78, 5) is 28.2. The van der Waals surface area contributed by atoms with E-state index in [1.807, 2.05) is 0 Å². The van der Waals surface area contributed by atoms with Crippen LogP contribution in [0, 0.1) is 0 Å². The lowest BCUT2D eigenvalue weighted by molar-refractivity contribution is 0.0527. The summed E-state index contributed by atoms with van der Waals surface area (Å²) in [6.07, 6.45) is 3.13. The average Bonchev–Trinajstić information content (AvgIpc) is 2.60. The van der Waals surface area contributed by atoms with E-state index in [1.54, 1.807) is 49.4 Å². The standard InChI is InChI=1S/C18H19N3O3/c1-3-10-20-17(22)13-9-11-19-16(12-13)21-15-8-6-5-7-14(15)18(23)24-4-2/h3,5-9,11-12H,1,4,10H2,2H3,(H,19,21)(H,20,22). The molecule has 0 saturated carbocycles. The number of pyridine rings is 1. The van der Waals surface area contributed by atoms with Crippen LogP contribution in [0.3, 0.4) is 0 Å². The number of benzene rings is 1. The van der Waals surface area contributed by atoms with Crippen LogP contribution in [-0.2, 0) is 4.74 Å². The maximum Gasteiger partial charge on any atom is 0.340 e. The van der Waals surface area contributed by atoms with Gasteiger partial charge in [0.2, 0.25) is 0 Å². The van der Waals surface area contributed by atoms with E-state index in [4.69, 9.17) is 4.74 Å². The number of anilines is 2. The molecule has 124 valence electrons. The minimum atomic E-state index is -0.416. The molecule has 1 amide bonds. The monoisotopic (exact) mass is 325 g/mol. The number of nitrogens with one attached hydrogen (secondary N) is 2. The van der Waals surface area contributed by atoms with E-state index in [1.165, 1.54) is 6.20 Å². The van der Waals surface area contributed by atoms with Crippen molar-refractivity contribution >= 4 is 23.4 Å². The van der Waals surface area contributed by atoms with Crippen molar-refractivity contribution < 1.29 is 14.3 Å². The second-order valence-corrected chi connectivity index (χ2v) is 4.82. The molecule has 0 spiro atoms. The lowest BCUT2D eigenvalue weighted by atomic mass is 10.1. The molecule has 0 aliphatic heterocycles. The maximum atomic E-state index is 12.0. The molecule has 2 aromatic rings. The lowest BCUT2D eigenvalue weighted by Crippen LogP contribution is -2.23. The van der Waals surface area contributed by atoms with Gasteiger partial charge in [0.1, 0.15) is 5.82 Å². The predicted molar refractivity (Wildman–Crippen MR) is 92.4 cm³/mol. The Hall–Kier alpha value is -3.15. The van der Waals surface area contributed by atoms with Gasteiger partial charge in [-0.1, -0.05) is 18.2 Å². The number of hydrogen-bond acceptors (Lipinski definition) is 5. The van der Waals surface area contributed by atoms with Crippen molar-refractivity contribution in [3.63, 3.8) is 0 Å². The van der Waals surface area contributed by atoms with Gasteiger partial charge in [0.05, 0.1) is 17.9 Å². The van der Waals surface area contributed by atoms with E-state index in [0.717, 1.165) is 0 Å². The third kappa shape index (κ3) is 4.42. The Balaban J connectivity index is 2.21. The van der Waals surface area contributed by atoms with Gasteiger partial charge in [0, 0.05) is 18.3 Å². The van der Waals surface area contributed by atoms with Gasteiger partial charge < -0.3 is 15.4 Å². The van der Waals surface area contributed by atoms with Crippen LogP contribution in [0.2, 0.25) is 0 Å². The van der Waals surface area contributed by atoms with Crippen molar-refractivity contribution in [2.45, 2.75) is 6.92 Å². The third-order valence-corrected chi connectivity index (χ3v) is 3.11. The van der Waals surface area contributed by atoms with Crippen molar-refractivity contribution in [3.8, 4) is 0 Å². The van der Waals surface area contributed by atoms with Crippen LogP contribution in [0.25, 0.3) is 0 Å². The maximum absolute atomic E-state index is 12.0. The predicted octanol–water partition coefficient (Wildman–Crippen LogP) is 2.92. The number of carbonyl (C=O) groups is 2. The van der Waals surface area contributed by atoms with E-state index in [-0.39, 0.29) is 5.91 Å². The fourth-order valence-electron chi connectivity index (χ4n) is 2.02. The molecule has 6 nitrogen and oxygen atoms in total. The van der Waals surface area contributed by atoms with Gasteiger partial charge in [-0.2, -0.15) is 0 Å². The molecule has 0 bridgehead atoms. The molecule has 0 atom stereocenters. The molecule has 0 unspecified atom stereocenters. The Kier molecular flexibility index (Phi) is 6.08. The highest BCUT2D eigenvalue weighted by atomic mass is 16.5. The first-order valence-corrected chi connectivity index (χ1v) is 7.54. The minimum Gasteiger partial charge on any atom is -0.462 e. The smallest absolute Gasteiger partial charge is 0.340 e. The molecule has 0 aliphatic carbocycles. The molecule has 0 saturated heterocycles. The van der Waals surface area contributed by atoms with Crippen molar-refractivity contribution in [2.24, 2.45) is 0 Å². The summed E-state index contributed by atoms with van der Waals surface area (Å²) in [5, 5.41) is 5.75. The Morgan fingerprint density at radius 3 is 2.83 bits per heavy atom. The molecule has 2 rings (SSSR count). The van der Waals surface area contributed by atoms with Gasteiger partial charge in [-0.05, 0) is 31.2 Å². The SMILES string of the molecule is C=CCNC(=O)c1ccnc(Nc2ccccc2C(=O)OCC)c1. The van der Waals surface area contributed by atoms with Gasteiger partial charge >= 0.3 is 5.97 Å². The first kappa shape index (κ1) is 17.2. The van der Waals surface area contributed by atoms with Crippen molar-refractivity contribution in [3.05, 3.63) is 66.4 Å². The minimum absolute atomic E-state index is 0.223. The highest BCUT2D eigenvalue weighted by Gasteiger charge is 2.13. The largest absolute Gasteiger partial charge is 0.462 e. The zero-order valence-corrected chi connectivity index (χ0v) is 13.4. The van der Waals surface area contributed by atoms with Gasteiger partial charge in [-0.25, -0.2) is 9.78 Å². The lowest BCUT2D eigenvalue weighted by Gasteiger charge is -2.11. The summed E-state index contributed by atoms with van der Waals surface area (Å²) in [5.41, 5.74) is 1.43. The molecule has 1 aromatic heterocycles. The van der Waals surface area contributed by atoms with E-state index in [0.29, 0.717) is 35.8 Å². The molecule has 24 heavy (non-hydrogen) atoms. The number of nitrogens with zero attached hydrogens (tertiary/aromatic N) is 1. The van der Waals surface area contributed by atoms with Crippen LogP contribution in [0.5, 0.6) is 0 Å². The van der Waals surface area contributed by atoms with Crippen LogP contribution in [0.15, 0.2) is 55.3 Å². The fourth-order valence-corrected chi connectivity index (χ4v) is 2.02. The van der Waals surface area contributed by atoms with Crippen LogP contribution >= 0.6 is 0 Å². The summed E-state index contributed by atoms with van der Waals surface area (Å²) in [6.45, 7) is 5.99. The number of para-hydroxylation sites is 1. The highest BCUT2D eigenvalue weighted by Crippen LogP contribution is 2.21. The fraction of sp³-hybridized carbons (Fsp3) is 0.167. The number of rotatable bonds is 7. The van der Waals surface area contributed by atoms with Crippen molar-refractivity contribution in [1.82, 2.24) is 10.3 Å². The van der Waals surface area contributed by atoms with E-state index >= 15 is 0 Å². The average molecular weight is 325 g/mol. The molecule has 0 aliphatic rings. The number of ether oxygens (including phenoxy) is 1. The second-order valence-electron chi connectivity index (χ2n) is 4.82. The molecule has 6 heteroatoms. The Morgan fingerprint density at radius 1 is 1.29 bits per heavy atom. The van der Waals surface area contributed by atoms with Crippen LogP contribution in [-0.4, -0.2) is 30.0 Å². The molecule has 0 radical (unpaired) electrons. The number of esters is 1. The Labute approximate surface area is 140 Å². The number of carbonyl (C=O) groups excluding carboxylic acids is 2. The first-order chi connectivity index (χ1) is 11.7. The van der Waals surface area contributed by atoms with Crippen LogP contribution in [0.4, 0.5) is 11.5 Å². The highest BCUT2D eigenvalue weighted by molar-refractivity contribution is 5.97. The molecule has 2 N–H and O–H groups in total. The van der Waals surface area contributed by atoms with Gasteiger partial charge in [-0.3, -0.25) is 4.79 Å². The Bertz CT molecular complexity index is 744. The summed E-state index contributed by atoms with van der Waals surface area (Å²) < 4.78 is 5.04. The third-order valence-electron chi connectivity index (χ3n) is 3.11. The molecule has 0 fully saturated rings. The number of amides is 1. The quantitative estimate of drug-likeness (QED) is 0.604. The molecule has 1 heterocycles. The van der Waals surface area contributed by atoms with E-state index in [2.05, 4.69) is 22.2 Å². The zero-order chi connectivity index (χ0) is 17.4.